The third kappa shape index (κ3) is 3.42. The quantitative estimate of drug-likeness (QED) is 0.779. The lowest BCUT2D eigenvalue weighted by atomic mass is 10.1. The van der Waals surface area contributed by atoms with E-state index in [1.807, 2.05) is 12.1 Å². The lowest BCUT2D eigenvalue weighted by Crippen LogP contribution is -2.26. The molecule has 1 aromatic rings. The van der Waals surface area contributed by atoms with E-state index in [0.29, 0.717) is 11.8 Å². The van der Waals surface area contributed by atoms with Crippen molar-refractivity contribution in [1.29, 1.82) is 0 Å². The van der Waals surface area contributed by atoms with Crippen molar-refractivity contribution in [2.24, 2.45) is 0 Å². The van der Waals surface area contributed by atoms with Gasteiger partial charge in [0.2, 0.25) is 0 Å². The molecule has 0 amide bonds. The zero-order chi connectivity index (χ0) is 12.0. The Bertz CT molecular complexity index is 322. The molecule has 0 saturated heterocycles. The van der Waals surface area contributed by atoms with Crippen molar-refractivity contribution in [1.82, 2.24) is 5.32 Å². The van der Waals surface area contributed by atoms with Gasteiger partial charge in [0.05, 0.1) is 7.11 Å². The first-order chi connectivity index (χ1) is 7.71. The second-order valence-corrected chi connectivity index (χ2v) is 3.90. The molecule has 0 atom stereocenters. The van der Waals surface area contributed by atoms with E-state index in [1.54, 1.807) is 13.2 Å². The second kappa shape index (κ2) is 6.38. The molecule has 16 heavy (non-hydrogen) atoms. The van der Waals surface area contributed by atoms with Gasteiger partial charge in [-0.2, -0.15) is 0 Å². The van der Waals surface area contributed by atoms with Crippen molar-refractivity contribution in [3.63, 3.8) is 0 Å². The molecule has 0 heterocycles. The molecule has 1 aromatic carbocycles. The summed E-state index contributed by atoms with van der Waals surface area (Å²) in [5, 5.41) is 12.9. The first-order valence-electron chi connectivity index (χ1n) is 5.80. The van der Waals surface area contributed by atoms with E-state index in [-0.39, 0.29) is 5.75 Å². The molecule has 0 fully saturated rings. The number of nitrogens with one attached hydrogen (secondary N) is 1. The Morgan fingerprint density at radius 3 is 2.56 bits per heavy atom. The Morgan fingerprint density at radius 1 is 1.31 bits per heavy atom. The van der Waals surface area contributed by atoms with Gasteiger partial charge in [0.1, 0.15) is 0 Å². The Morgan fingerprint density at radius 2 is 2.00 bits per heavy atom. The summed E-state index contributed by atoms with van der Waals surface area (Å²) in [6.07, 6.45) is 2.26. The van der Waals surface area contributed by atoms with Crippen molar-refractivity contribution in [2.45, 2.75) is 39.3 Å². The van der Waals surface area contributed by atoms with Crippen LogP contribution in [0.3, 0.4) is 0 Å². The first-order valence-corrected chi connectivity index (χ1v) is 5.80. The maximum absolute atomic E-state index is 9.46. The summed E-state index contributed by atoms with van der Waals surface area (Å²) in [5.41, 5.74) is 1.13. The fraction of sp³-hybridized carbons (Fsp3) is 0.538. The van der Waals surface area contributed by atoms with Crippen molar-refractivity contribution in [3.8, 4) is 11.5 Å². The molecule has 0 unspecified atom stereocenters. The summed E-state index contributed by atoms with van der Waals surface area (Å²) < 4.78 is 5.07. The topological polar surface area (TPSA) is 41.5 Å². The van der Waals surface area contributed by atoms with Gasteiger partial charge in [-0.25, -0.2) is 0 Å². The number of rotatable bonds is 6. The predicted molar refractivity (Wildman–Crippen MR) is 65.9 cm³/mol. The summed E-state index contributed by atoms with van der Waals surface area (Å²) in [5.74, 6) is 0.720. The van der Waals surface area contributed by atoms with Crippen LogP contribution in [-0.4, -0.2) is 18.3 Å². The van der Waals surface area contributed by atoms with Gasteiger partial charge < -0.3 is 15.2 Å². The lowest BCUT2D eigenvalue weighted by molar-refractivity contribution is 0.372. The maximum atomic E-state index is 9.46. The maximum Gasteiger partial charge on any atom is 0.160 e. The minimum atomic E-state index is 0.189. The number of hydrogen-bond acceptors (Lipinski definition) is 3. The molecule has 3 nitrogen and oxygen atoms in total. The SMILES string of the molecule is CCC(CC)NCc1ccc(O)c(OC)c1. The molecule has 0 aliphatic rings. The standard InChI is InChI=1S/C13H21NO2/c1-4-11(5-2)14-9-10-6-7-12(15)13(8-10)16-3/h6-8,11,14-15H,4-5,9H2,1-3H3. The summed E-state index contributed by atoms with van der Waals surface area (Å²) in [6.45, 7) is 5.17. The van der Waals surface area contributed by atoms with Crippen LogP contribution in [0.4, 0.5) is 0 Å². The zero-order valence-corrected chi connectivity index (χ0v) is 10.3. The van der Waals surface area contributed by atoms with Crippen molar-refractivity contribution >= 4 is 0 Å². The lowest BCUT2D eigenvalue weighted by Gasteiger charge is -2.15. The highest BCUT2D eigenvalue weighted by Gasteiger charge is 2.05. The Hall–Kier alpha value is -1.22. The van der Waals surface area contributed by atoms with Gasteiger partial charge in [0.15, 0.2) is 11.5 Å². The minimum Gasteiger partial charge on any atom is -0.504 e. The number of hydrogen-bond donors (Lipinski definition) is 2. The summed E-state index contributed by atoms with van der Waals surface area (Å²) in [4.78, 5) is 0. The van der Waals surface area contributed by atoms with Crippen LogP contribution in [0.1, 0.15) is 32.3 Å². The number of phenolic OH excluding ortho intramolecular Hbond substituents is 1. The number of ether oxygens (including phenoxy) is 1. The summed E-state index contributed by atoms with van der Waals surface area (Å²) in [6, 6.07) is 6.00. The van der Waals surface area contributed by atoms with E-state index in [4.69, 9.17) is 4.74 Å². The molecular weight excluding hydrogens is 202 g/mol. The highest BCUT2D eigenvalue weighted by Crippen LogP contribution is 2.26. The third-order valence-electron chi connectivity index (χ3n) is 2.82. The van der Waals surface area contributed by atoms with Gasteiger partial charge in [0, 0.05) is 12.6 Å². The average Bonchev–Trinajstić information content (AvgIpc) is 2.32. The molecule has 1 rings (SSSR count). The Balaban J connectivity index is 2.60. The van der Waals surface area contributed by atoms with E-state index < -0.39 is 0 Å². The van der Waals surface area contributed by atoms with Crippen LogP contribution >= 0.6 is 0 Å². The molecule has 0 spiro atoms. The van der Waals surface area contributed by atoms with Gasteiger partial charge in [-0.3, -0.25) is 0 Å². The van der Waals surface area contributed by atoms with Gasteiger partial charge in [0.25, 0.3) is 0 Å². The summed E-state index contributed by atoms with van der Waals surface area (Å²) >= 11 is 0. The van der Waals surface area contributed by atoms with Crippen LogP contribution in [0.5, 0.6) is 11.5 Å². The largest absolute Gasteiger partial charge is 0.504 e. The Kier molecular flexibility index (Phi) is 5.12. The van der Waals surface area contributed by atoms with Crippen molar-refractivity contribution < 1.29 is 9.84 Å². The van der Waals surface area contributed by atoms with E-state index in [9.17, 15) is 5.11 Å². The molecule has 0 saturated carbocycles. The average molecular weight is 223 g/mol. The second-order valence-electron chi connectivity index (χ2n) is 3.90. The third-order valence-corrected chi connectivity index (χ3v) is 2.82. The number of methoxy groups -OCH3 is 1. The predicted octanol–water partition coefficient (Wildman–Crippen LogP) is 2.68. The molecule has 0 aliphatic heterocycles. The van der Waals surface area contributed by atoms with E-state index in [0.717, 1.165) is 24.9 Å². The van der Waals surface area contributed by atoms with E-state index in [1.165, 1.54) is 0 Å². The summed E-state index contributed by atoms with van der Waals surface area (Å²) in [7, 11) is 1.56. The molecule has 0 aliphatic carbocycles. The van der Waals surface area contributed by atoms with E-state index >= 15 is 0 Å². The van der Waals surface area contributed by atoms with Crippen molar-refractivity contribution in [3.05, 3.63) is 23.8 Å². The number of aromatic hydroxyl groups is 1. The molecule has 3 heteroatoms. The highest BCUT2D eigenvalue weighted by atomic mass is 16.5. The Labute approximate surface area is 97.4 Å². The molecule has 90 valence electrons. The van der Waals surface area contributed by atoms with Gasteiger partial charge in [-0.15, -0.1) is 0 Å². The smallest absolute Gasteiger partial charge is 0.160 e. The molecular formula is C13H21NO2. The van der Waals surface area contributed by atoms with Crippen LogP contribution in [0.15, 0.2) is 18.2 Å². The number of phenols is 1. The van der Waals surface area contributed by atoms with Gasteiger partial charge >= 0.3 is 0 Å². The van der Waals surface area contributed by atoms with Crippen LogP contribution < -0.4 is 10.1 Å². The minimum absolute atomic E-state index is 0.189. The number of benzene rings is 1. The molecule has 2 N–H and O–H groups in total. The molecule has 0 bridgehead atoms. The van der Waals surface area contributed by atoms with Crippen molar-refractivity contribution in [2.75, 3.05) is 7.11 Å². The van der Waals surface area contributed by atoms with Crippen LogP contribution in [-0.2, 0) is 6.54 Å². The van der Waals surface area contributed by atoms with E-state index in [2.05, 4.69) is 19.2 Å². The fourth-order valence-corrected chi connectivity index (χ4v) is 1.67. The monoisotopic (exact) mass is 223 g/mol. The highest BCUT2D eigenvalue weighted by molar-refractivity contribution is 5.41. The molecule has 0 radical (unpaired) electrons. The normalized spacial score (nSPS) is 10.8. The van der Waals surface area contributed by atoms with Crippen LogP contribution in [0, 0.1) is 0 Å². The van der Waals surface area contributed by atoms with Gasteiger partial charge in [-0.1, -0.05) is 19.9 Å². The zero-order valence-electron chi connectivity index (χ0n) is 10.3. The van der Waals surface area contributed by atoms with Crippen LogP contribution in [0.25, 0.3) is 0 Å². The van der Waals surface area contributed by atoms with Crippen LogP contribution in [0.2, 0.25) is 0 Å². The van der Waals surface area contributed by atoms with Gasteiger partial charge in [-0.05, 0) is 30.5 Å². The fourth-order valence-electron chi connectivity index (χ4n) is 1.67. The first kappa shape index (κ1) is 12.8. The molecule has 0 aromatic heterocycles.